The molecule has 3 amide bonds. The molecular weight excluding hydrogens is 392 g/mol. The lowest BCUT2D eigenvalue weighted by molar-refractivity contribution is -0.123. The molecule has 7 nitrogen and oxygen atoms in total. The second kappa shape index (κ2) is 7.89. The van der Waals surface area contributed by atoms with Crippen LogP contribution in [0.5, 0.6) is 0 Å². The van der Waals surface area contributed by atoms with Gasteiger partial charge >= 0.3 is 12.0 Å². The van der Waals surface area contributed by atoms with Gasteiger partial charge in [-0.3, -0.25) is 14.3 Å². The molecule has 4 aliphatic carbocycles. The molecule has 2 N–H and O–H groups in total. The van der Waals surface area contributed by atoms with E-state index in [4.69, 9.17) is 4.74 Å². The Labute approximate surface area is 172 Å². The average molecular weight is 419 g/mol. The monoisotopic (exact) mass is 418 g/mol. The van der Waals surface area contributed by atoms with Crippen molar-refractivity contribution in [1.29, 1.82) is 0 Å². The number of ether oxygens (including phenoxy) is 1. The Balaban J connectivity index is 1.28. The number of esters is 1. The van der Waals surface area contributed by atoms with Crippen LogP contribution in [0.25, 0.3) is 0 Å². The first-order chi connectivity index (χ1) is 13.8. The summed E-state index contributed by atoms with van der Waals surface area (Å²) in [6.07, 6.45) is 8.22. The Morgan fingerprint density at radius 2 is 1.66 bits per heavy atom. The normalized spacial score (nSPS) is 30.4. The highest BCUT2D eigenvalue weighted by molar-refractivity contribution is 7.84. The third-order valence-corrected chi connectivity index (χ3v) is 7.40. The summed E-state index contributed by atoms with van der Waals surface area (Å²) in [7, 11) is -1.36. The Hall–Kier alpha value is -2.22. The fourth-order valence-corrected chi connectivity index (χ4v) is 6.52. The SMILES string of the molecule is C[S@](=O)c1ccccc1C(=O)OCC(=O)NC(=O)NC12CC3CC(CC(C3)C1)C2. The highest BCUT2D eigenvalue weighted by atomic mass is 32.2. The van der Waals surface area contributed by atoms with Gasteiger partial charge in [0.2, 0.25) is 0 Å². The zero-order valence-electron chi connectivity index (χ0n) is 16.4. The number of benzene rings is 1. The van der Waals surface area contributed by atoms with Crippen molar-refractivity contribution in [3.05, 3.63) is 29.8 Å². The number of hydrogen-bond acceptors (Lipinski definition) is 5. The summed E-state index contributed by atoms with van der Waals surface area (Å²) < 4.78 is 16.7. The number of hydrogen-bond donors (Lipinski definition) is 2. The molecule has 29 heavy (non-hydrogen) atoms. The number of carbonyl (C=O) groups excluding carboxylic acids is 3. The lowest BCUT2D eigenvalue weighted by Gasteiger charge is -2.56. The van der Waals surface area contributed by atoms with E-state index >= 15 is 0 Å². The van der Waals surface area contributed by atoms with Gasteiger partial charge in [0.25, 0.3) is 5.91 Å². The number of carbonyl (C=O) groups is 3. The molecule has 5 rings (SSSR count). The van der Waals surface area contributed by atoms with Crippen LogP contribution in [0, 0.1) is 17.8 Å². The van der Waals surface area contributed by atoms with Crippen molar-refractivity contribution in [2.24, 2.45) is 17.8 Å². The first-order valence-corrected chi connectivity index (χ1v) is 11.6. The smallest absolute Gasteiger partial charge is 0.339 e. The third kappa shape index (κ3) is 4.37. The van der Waals surface area contributed by atoms with Crippen molar-refractivity contribution in [3.8, 4) is 0 Å². The summed E-state index contributed by atoms with van der Waals surface area (Å²) in [6, 6.07) is 5.85. The second-order valence-electron chi connectivity index (χ2n) is 8.73. The molecule has 8 heteroatoms. The van der Waals surface area contributed by atoms with E-state index in [9.17, 15) is 18.6 Å². The van der Waals surface area contributed by atoms with Crippen LogP contribution in [0.15, 0.2) is 29.2 Å². The number of amides is 3. The molecule has 4 saturated carbocycles. The van der Waals surface area contributed by atoms with E-state index in [1.165, 1.54) is 31.6 Å². The lowest BCUT2D eigenvalue weighted by atomic mass is 9.53. The Morgan fingerprint density at radius 3 is 2.24 bits per heavy atom. The molecular formula is C21H26N2O5S. The Kier molecular flexibility index (Phi) is 5.46. The predicted octanol–water partition coefficient (Wildman–Crippen LogP) is 2.38. The van der Waals surface area contributed by atoms with Crippen molar-refractivity contribution in [2.75, 3.05) is 12.9 Å². The molecule has 1 atom stereocenters. The maximum atomic E-state index is 12.4. The number of nitrogens with one attached hydrogen (secondary N) is 2. The van der Waals surface area contributed by atoms with Gasteiger partial charge in [-0.2, -0.15) is 0 Å². The molecule has 0 unspecified atom stereocenters. The first kappa shape index (κ1) is 20.1. The van der Waals surface area contributed by atoms with Crippen LogP contribution in [0.3, 0.4) is 0 Å². The van der Waals surface area contributed by atoms with Gasteiger partial charge in [0.15, 0.2) is 6.61 Å². The average Bonchev–Trinajstić information content (AvgIpc) is 2.64. The largest absolute Gasteiger partial charge is 0.452 e. The molecule has 1 aromatic carbocycles. The van der Waals surface area contributed by atoms with Crippen molar-refractivity contribution in [1.82, 2.24) is 10.6 Å². The predicted molar refractivity (Wildman–Crippen MR) is 107 cm³/mol. The van der Waals surface area contributed by atoms with Crippen LogP contribution in [0.1, 0.15) is 48.9 Å². The zero-order chi connectivity index (χ0) is 20.6. The minimum absolute atomic E-state index is 0.152. The minimum atomic E-state index is -1.36. The first-order valence-electron chi connectivity index (χ1n) is 10.1. The molecule has 4 aliphatic rings. The fourth-order valence-electron chi connectivity index (χ4n) is 5.79. The van der Waals surface area contributed by atoms with Gasteiger partial charge in [-0.25, -0.2) is 9.59 Å². The number of imide groups is 1. The quantitative estimate of drug-likeness (QED) is 0.715. The van der Waals surface area contributed by atoms with Crippen molar-refractivity contribution < 1.29 is 23.3 Å². The van der Waals surface area contributed by atoms with Gasteiger partial charge in [0, 0.05) is 11.8 Å². The molecule has 0 heterocycles. The highest BCUT2D eigenvalue weighted by Crippen LogP contribution is 2.55. The van der Waals surface area contributed by atoms with Crippen LogP contribution in [-0.4, -0.2) is 40.5 Å². The van der Waals surface area contributed by atoms with E-state index in [0.29, 0.717) is 22.6 Å². The summed E-state index contributed by atoms with van der Waals surface area (Å²) in [4.78, 5) is 37.0. The lowest BCUT2D eigenvalue weighted by Crippen LogP contribution is -2.62. The minimum Gasteiger partial charge on any atom is -0.452 e. The Morgan fingerprint density at radius 1 is 1.07 bits per heavy atom. The summed E-state index contributed by atoms with van der Waals surface area (Å²) in [5, 5.41) is 5.32. The van der Waals surface area contributed by atoms with Crippen molar-refractivity contribution in [2.45, 2.75) is 49.0 Å². The molecule has 156 valence electrons. The van der Waals surface area contributed by atoms with Crippen LogP contribution in [-0.2, 0) is 20.3 Å². The molecule has 4 fully saturated rings. The molecule has 0 spiro atoms. The highest BCUT2D eigenvalue weighted by Gasteiger charge is 2.51. The van der Waals surface area contributed by atoms with Crippen LogP contribution < -0.4 is 10.6 Å². The molecule has 0 aliphatic heterocycles. The van der Waals surface area contributed by atoms with Crippen LogP contribution in [0.2, 0.25) is 0 Å². The third-order valence-electron chi connectivity index (χ3n) is 6.42. The van der Waals surface area contributed by atoms with E-state index < -0.39 is 35.3 Å². The maximum absolute atomic E-state index is 12.4. The van der Waals surface area contributed by atoms with Crippen molar-refractivity contribution in [3.63, 3.8) is 0 Å². The van der Waals surface area contributed by atoms with Gasteiger partial charge < -0.3 is 10.1 Å². The number of rotatable bonds is 5. The molecule has 1 aromatic rings. The van der Waals surface area contributed by atoms with Gasteiger partial charge in [-0.15, -0.1) is 0 Å². The van der Waals surface area contributed by atoms with Gasteiger partial charge in [-0.05, 0) is 68.4 Å². The molecule has 4 bridgehead atoms. The zero-order valence-corrected chi connectivity index (χ0v) is 17.3. The number of urea groups is 1. The van der Waals surface area contributed by atoms with E-state index in [1.807, 2.05) is 0 Å². The van der Waals surface area contributed by atoms with E-state index in [1.54, 1.807) is 18.2 Å². The summed E-state index contributed by atoms with van der Waals surface area (Å²) in [5.74, 6) is 0.621. The van der Waals surface area contributed by atoms with E-state index in [0.717, 1.165) is 19.3 Å². The van der Waals surface area contributed by atoms with E-state index in [2.05, 4.69) is 10.6 Å². The molecule has 0 aromatic heterocycles. The second-order valence-corrected chi connectivity index (χ2v) is 10.1. The maximum Gasteiger partial charge on any atom is 0.339 e. The standard InChI is InChI=1S/C21H26N2O5S/c1-29(27)17-5-3-2-4-16(17)19(25)28-12-18(24)22-20(26)23-21-9-13-6-14(10-21)8-15(7-13)11-21/h2-5,13-15H,6-12H2,1H3,(H2,22,23,24,26)/t13?,14?,15?,21?,29-/m0/s1. The van der Waals surface area contributed by atoms with Gasteiger partial charge in [0.1, 0.15) is 0 Å². The van der Waals surface area contributed by atoms with Crippen molar-refractivity contribution >= 4 is 28.7 Å². The summed E-state index contributed by atoms with van der Waals surface area (Å²) in [6.45, 7) is -0.572. The molecule has 0 saturated heterocycles. The van der Waals surface area contributed by atoms with Gasteiger partial charge in [-0.1, -0.05) is 12.1 Å². The van der Waals surface area contributed by atoms with Crippen LogP contribution in [0.4, 0.5) is 4.79 Å². The molecule has 0 radical (unpaired) electrons. The Bertz CT molecular complexity index is 833. The topological polar surface area (TPSA) is 102 Å². The van der Waals surface area contributed by atoms with Crippen LogP contribution >= 0.6 is 0 Å². The fraction of sp³-hybridized carbons (Fsp3) is 0.571. The van der Waals surface area contributed by atoms with E-state index in [-0.39, 0.29) is 11.1 Å². The summed E-state index contributed by atoms with van der Waals surface area (Å²) in [5.41, 5.74) is -0.0425. The summed E-state index contributed by atoms with van der Waals surface area (Å²) >= 11 is 0. The van der Waals surface area contributed by atoms with Gasteiger partial charge in [0.05, 0.1) is 21.3 Å².